The van der Waals surface area contributed by atoms with E-state index in [9.17, 15) is 9.90 Å². The lowest BCUT2D eigenvalue weighted by molar-refractivity contribution is 0.160. The Morgan fingerprint density at radius 2 is 2.17 bits per heavy atom. The first-order valence-corrected chi connectivity index (χ1v) is 6.46. The zero-order valence-electron chi connectivity index (χ0n) is 10.0. The molecule has 0 bridgehead atoms. The summed E-state index contributed by atoms with van der Waals surface area (Å²) in [6.45, 7) is 2.29. The fraction of sp³-hybridized carbons (Fsp3) is 0.417. The number of aliphatic hydroxyl groups is 1. The minimum Gasteiger partial charge on any atom is -0.393 e. The minimum absolute atomic E-state index is 0.373. The molecule has 0 aliphatic carbocycles. The van der Waals surface area contributed by atoms with Crippen LogP contribution in [0.5, 0.6) is 0 Å². The van der Waals surface area contributed by atoms with Gasteiger partial charge in [-0.05, 0) is 31.0 Å². The van der Waals surface area contributed by atoms with E-state index in [0.717, 1.165) is 0 Å². The van der Waals surface area contributed by atoms with Gasteiger partial charge in [-0.15, -0.1) is 0 Å². The third kappa shape index (κ3) is 5.12. The Morgan fingerprint density at radius 3 is 2.83 bits per heavy atom. The summed E-state index contributed by atoms with van der Waals surface area (Å²) in [5.41, 5.74) is 0.456. The minimum atomic E-state index is -0.389. The standard InChI is InChI=1S/C12H16Cl2N2O2/c1-2-9(17)5-6-15-12(18)16-11-7-8(13)3-4-10(11)14/h3-4,7,9,17H,2,5-6H2,1H3,(H2,15,16,18). The molecule has 1 rings (SSSR count). The number of halogens is 2. The van der Waals surface area contributed by atoms with Crippen LogP contribution in [0.4, 0.5) is 10.5 Å². The lowest BCUT2D eigenvalue weighted by Crippen LogP contribution is -2.31. The molecule has 0 saturated carbocycles. The summed E-state index contributed by atoms with van der Waals surface area (Å²) in [6.07, 6.45) is 0.802. The zero-order chi connectivity index (χ0) is 13.5. The molecule has 1 atom stereocenters. The molecule has 2 amide bonds. The van der Waals surface area contributed by atoms with Crippen LogP contribution in [0, 0.1) is 0 Å². The smallest absolute Gasteiger partial charge is 0.319 e. The van der Waals surface area contributed by atoms with Crippen LogP contribution in [0.3, 0.4) is 0 Å². The zero-order valence-corrected chi connectivity index (χ0v) is 11.6. The molecule has 18 heavy (non-hydrogen) atoms. The Kier molecular flexibility index (Phi) is 6.25. The normalized spacial score (nSPS) is 12.0. The number of amides is 2. The van der Waals surface area contributed by atoms with Gasteiger partial charge < -0.3 is 15.7 Å². The Balaban J connectivity index is 2.42. The van der Waals surface area contributed by atoms with Gasteiger partial charge in [0.05, 0.1) is 16.8 Å². The number of anilines is 1. The van der Waals surface area contributed by atoms with Crippen molar-refractivity contribution in [1.82, 2.24) is 5.32 Å². The highest BCUT2D eigenvalue weighted by Gasteiger charge is 2.07. The van der Waals surface area contributed by atoms with E-state index in [2.05, 4.69) is 10.6 Å². The molecule has 0 aliphatic rings. The summed E-state index contributed by atoms with van der Waals surface area (Å²) in [4.78, 5) is 11.5. The number of hydrogen-bond donors (Lipinski definition) is 3. The highest BCUT2D eigenvalue weighted by Crippen LogP contribution is 2.25. The van der Waals surface area contributed by atoms with Crippen LogP contribution in [0.2, 0.25) is 10.0 Å². The van der Waals surface area contributed by atoms with Crippen LogP contribution in [-0.2, 0) is 0 Å². The van der Waals surface area contributed by atoms with Gasteiger partial charge in [-0.1, -0.05) is 30.1 Å². The molecule has 6 heteroatoms. The van der Waals surface area contributed by atoms with Gasteiger partial charge in [0.1, 0.15) is 0 Å². The molecule has 3 N–H and O–H groups in total. The molecule has 4 nitrogen and oxygen atoms in total. The summed E-state index contributed by atoms with van der Waals surface area (Å²) in [5, 5.41) is 15.5. The molecular formula is C12H16Cl2N2O2. The van der Waals surface area contributed by atoms with Gasteiger partial charge in [0.25, 0.3) is 0 Å². The number of benzene rings is 1. The summed E-state index contributed by atoms with van der Waals surface area (Å²) >= 11 is 11.7. The molecule has 1 aromatic rings. The monoisotopic (exact) mass is 290 g/mol. The van der Waals surface area contributed by atoms with Crippen LogP contribution in [-0.4, -0.2) is 23.8 Å². The second-order valence-corrected chi connectivity index (χ2v) is 4.70. The summed E-state index contributed by atoms with van der Waals surface area (Å²) in [6, 6.07) is 4.46. The van der Waals surface area contributed by atoms with Crippen molar-refractivity contribution in [1.29, 1.82) is 0 Å². The number of hydrogen-bond acceptors (Lipinski definition) is 2. The first-order chi connectivity index (χ1) is 8.52. The highest BCUT2D eigenvalue weighted by molar-refractivity contribution is 6.35. The molecule has 0 aliphatic heterocycles. The van der Waals surface area contributed by atoms with Crippen LogP contribution >= 0.6 is 23.2 Å². The molecule has 0 heterocycles. The third-order valence-electron chi connectivity index (χ3n) is 2.41. The number of nitrogens with one attached hydrogen (secondary N) is 2. The van der Waals surface area contributed by atoms with E-state index >= 15 is 0 Å². The van der Waals surface area contributed by atoms with Crippen molar-refractivity contribution in [3.63, 3.8) is 0 Å². The Labute approximate surface area is 116 Å². The molecular weight excluding hydrogens is 275 g/mol. The van der Waals surface area contributed by atoms with Crippen LogP contribution in [0.1, 0.15) is 19.8 Å². The summed E-state index contributed by atoms with van der Waals surface area (Å²) < 4.78 is 0. The van der Waals surface area contributed by atoms with Crippen molar-refractivity contribution in [3.8, 4) is 0 Å². The van der Waals surface area contributed by atoms with E-state index in [0.29, 0.717) is 35.1 Å². The van der Waals surface area contributed by atoms with E-state index < -0.39 is 0 Å². The van der Waals surface area contributed by atoms with Crippen LogP contribution < -0.4 is 10.6 Å². The van der Waals surface area contributed by atoms with Crippen molar-refractivity contribution >= 4 is 34.9 Å². The predicted octanol–water partition coefficient (Wildman–Crippen LogP) is 3.28. The lowest BCUT2D eigenvalue weighted by Gasteiger charge is -2.11. The molecule has 0 fully saturated rings. The van der Waals surface area contributed by atoms with E-state index in [-0.39, 0.29) is 12.1 Å². The largest absolute Gasteiger partial charge is 0.393 e. The lowest BCUT2D eigenvalue weighted by atomic mass is 10.2. The molecule has 1 aromatic carbocycles. The summed E-state index contributed by atoms with van der Waals surface area (Å²) in [5.74, 6) is 0. The van der Waals surface area contributed by atoms with Gasteiger partial charge in [0.2, 0.25) is 0 Å². The first-order valence-electron chi connectivity index (χ1n) is 5.71. The van der Waals surface area contributed by atoms with E-state index in [1.807, 2.05) is 6.92 Å². The van der Waals surface area contributed by atoms with Gasteiger partial charge in [-0.25, -0.2) is 4.79 Å². The van der Waals surface area contributed by atoms with Crippen molar-refractivity contribution in [2.24, 2.45) is 0 Å². The summed E-state index contributed by atoms with van der Waals surface area (Å²) in [7, 11) is 0. The fourth-order valence-corrected chi connectivity index (χ4v) is 1.65. The molecule has 0 saturated heterocycles. The van der Waals surface area contributed by atoms with Gasteiger partial charge in [-0.2, -0.15) is 0 Å². The number of rotatable bonds is 5. The third-order valence-corrected chi connectivity index (χ3v) is 2.98. The first kappa shape index (κ1) is 15.1. The van der Waals surface area contributed by atoms with Gasteiger partial charge in [0.15, 0.2) is 0 Å². The number of urea groups is 1. The van der Waals surface area contributed by atoms with Gasteiger partial charge in [-0.3, -0.25) is 0 Å². The van der Waals surface area contributed by atoms with Crippen molar-refractivity contribution < 1.29 is 9.90 Å². The number of aliphatic hydroxyl groups excluding tert-OH is 1. The number of carbonyl (C=O) groups excluding carboxylic acids is 1. The average molecular weight is 291 g/mol. The molecule has 0 radical (unpaired) electrons. The van der Waals surface area contributed by atoms with Crippen molar-refractivity contribution in [2.75, 3.05) is 11.9 Å². The van der Waals surface area contributed by atoms with Crippen LogP contribution in [0.25, 0.3) is 0 Å². The van der Waals surface area contributed by atoms with E-state index in [1.54, 1.807) is 18.2 Å². The fourth-order valence-electron chi connectivity index (χ4n) is 1.32. The van der Waals surface area contributed by atoms with Crippen LogP contribution in [0.15, 0.2) is 18.2 Å². The van der Waals surface area contributed by atoms with E-state index in [4.69, 9.17) is 23.2 Å². The topological polar surface area (TPSA) is 61.4 Å². The van der Waals surface area contributed by atoms with Crippen molar-refractivity contribution in [3.05, 3.63) is 28.2 Å². The van der Waals surface area contributed by atoms with Gasteiger partial charge >= 0.3 is 6.03 Å². The average Bonchev–Trinajstić information content (AvgIpc) is 2.33. The van der Waals surface area contributed by atoms with Gasteiger partial charge in [0, 0.05) is 11.6 Å². The maximum absolute atomic E-state index is 11.5. The molecule has 1 unspecified atom stereocenters. The SMILES string of the molecule is CCC(O)CCNC(=O)Nc1cc(Cl)ccc1Cl. The maximum Gasteiger partial charge on any atom is 0.319 e. The van der Waals surface area contributed by atoms with E-state index in [1.165, 1.54) is 0 Å². The Bertz CT molecular complexity index is 413. The number of carbonyl (C=O) groups is 1. The molecule has 100 valence electrons. The maximum atomic E-state index is 11.5. The highest BCUT2D eigenvalue weighted by atomic mass is 35.5. The quantitative estimate of drug-likeness (QED) is 0.779. The molecule has 0 spiro atoms. The van der Waals surface area contributed by atoms with Crippen molar-refractivity contribution in [2.45, 2.75) is 25.9 Å². The predicted molar refractivity (Wildman–Crippen MR) is 74.4 cm³/mol. The Hall–Kier alpha value is -0.970. The molecule has 0 aromatic heterocycles. The second-order valence-electron chi connectivity index (χ2n) is 3.86. The Morgan fingerprint density at radius 1 is 1.44 bits per heavy atom. The second kappa shape index (κ2) is 7.46.